The van der Waals surface area contributed by atoms with Crippen LogP contribution in [0.5, 0.6) is 0 Å². The summed E-state index contributed by atoms with van der Waals surface area (Å²) in [5.41, 5.74) is 4.50. The third kappa shape index (κ3) is 6.23. The van der Waals surface area contributed by atoms with Gasteiger partial charge >= 0.3 is 12.0 Å². The molecule has 0 spiro atoms. The molecule has 1 aliphatic heterocycles. The molecule has 31 heavy (non-hydrogen) atoms. The third-order valence-corrected chi connectivity index (χ3v) is 6.09. The molecule has 1 aliphatic rings. The number of carboxylic acids is 1. The second kappa shape index (κ2) is 10.3. The fraction of sp³-hybridized carbons (Fsp3) is 0.440. The number of aliphatic carboxylic acids is 1. The second-order valence-electron chi connectivity index (χ2n) is 8.59. The number of nitrogens with zero attached hydrogens (tertiary/aromatic N) is 1. The van der Waals surface area contributed by atoms with E-state index in [1.807, 2.05) is 56.3 Å². The molecule has 0 saturated carbocycles. The van der Waals surface area contributed by atoms with E-state index in [0.717, 1.165) is 60.5 Å². The van der Waals surface area contributed by atoms with Gasteiger partial charge in [0.25, 0.3) is 0 Å². The molecular weight excluding hydrogens is 390 g/mol. The summed E-state index contributed by atoms with van der Waals surface area (Å²) in [6, 6.07) is 13.3. The highest BCUT2D eigenvalue weighted by Gasteiger charge is 2.21. The molecule has 3 N–H and O–H groups in total. The van der Waals surface area contributed by atoms with Crippen molar-refractivity contribution in [1.29, 1.82) is 0 Å². The largest absolute Gasteiger partial charge is 0.481 e. The van der Waals surface area contributed by atoms with Gasteiger partial charge in [-0.05, 0) is 67.9 Å². The number of carbonyl (C=O) groups is 2. The maximum Gasteiger partial charge on any atom is 0.323 e. The summed E-state index contributed by atoms with van der Waals surface area (Å²) in [6.07, 6.45) is 3.04. The molecule has 0 aliphatic carbocycles. The number of carbonyl (C=O) groups excluding carboxylic acids is 1. The van der Waals surface area contributed by atoms with Crippen molar-refractivity contribution in [3.05, 3.63) is 53.6 Å². The molecule has 1 unspecified atom stereocenters. The highest BCUT2D eigenvalue weighted by molar-refractivity contribution is 6.02. The second-order valence-corrected chi connectivity index (χ2v) is 8.59. The number of benzene rings is 2. The van der Waals surface area contributed by atoms with Gasteiger partial charge in [-0.25, -0.2) is 4.79 Å². The van der Waals surface area contributed by atoms with Gasteiger partial charge in [0.2, 0.25) is 0 Å². The number of urea groups is 1. The molecule has 1 heterocycles. The first-order valence-corrected chi connectivity index (χ1v) is 11.1. The molecular formula is C25H33N3O3. The van der Waals surface area contributed by atoms with Gasteiger partial charge in [0, 0.05) is 18.8 Å². The summed E-state index contributed by atoms with van der Waals surface area (Å²) in [4.78, 5) is 26.3. The van der Waals surface area contributed by atoms with E-state index in [-0.39, 0.29) is 18.4 Å². The van der Waals surface area contributed by atoms with Gasteiger partial charge in [-0.3, -0.25) is 4.79 Å². The first kappa shape index (κ1) is 22.7. The maximum atomic E-state index is 12.7. The minimum Gasteiger partial charge on any atom is -0.481 e. The SMILES string of the molecule is CCC(CC(=O)O)c1ccc(N2CCC(C)CC2)c(NC(=O)Nc2ccc(C)cc2)c1. The molecule has 3 rings (SSSR count). The molecule has 0 radical (unpaired) electrons. The number of piperidine rings is 1. The number of aryl methyl sites for hydroxylation is 1. The molecule has 166 valence electrons. The highest BCUT2D eigenvalue weighted by atomic mass is 16.4. The number of amides is 2. The summed E-state index contributed by atoms with van der Waals surface area (Å²) in [6.45, 7) is 8.15. The quantitative estimate of drug-likeness (QED) is 0.522. The van der Waals surface area contributed by atoms with E-state index in [1.165, 1.54) is 0 Å². The molecule has 2 aromatic rings. The molecule has 1 atom stereocenters. The van der Waals surface area contributed by atoms with Crippen molar-refractivity contribution < 1.29 is 14.7 Å². The fourth-order valence-electron chi connectivity index (χ4n) is 4.06. The Morgan fingerprint density at radius 1 is 1.10 bits per heavy atom. The predicted octanol–water partition coefficient (Wildman–Crippen LogP) is 5.84. The summed E-state index contributed by atoms with van der Waals surface area (Å²) < 4.78 is 0. The average molecular weight is 424 g/mol. The van der Waals surface area contributed by atoms with Crippen LogP contribution in [-0.4, -0.2) is 30.2 Å². The molecule has 0 bridgehead atoms. The molecule has 6 heteroatoms. The molecule has 1 fully saturated rings. The number of hydrogen-bond acceptors (Lipinski definition) is 3. The zero-order chi connectivity index (χ0) is 22.4. The topological polar surface area (TPSA) is 81.7 Å². The molecule has 2 amide bonds. The van der Waals surface area contributed by atoms with Crippen LogP contribution in [0.2, 0.25) is 0 Å². The van der Waals surface area contributed by atoms with Gasteiger partial charge < -0.3 is 20.6 Å². The smallest absolute Gasteiger partial charge is 0.323 e. The Labute approximate surface area is 184 Å². The summed E-state index contributed by atoms with van der Waals surface area (Å²) in [5.74, 6) is -0.196. The Bertz CT molecular complexity index is 903. The number of nitrogens with one attached hydrogen (secondary N) is 2. The van der Waals surface area contributed by atoms with Crippen LogP contribution in [0, 0.1) is 12.8 Å². The van der Waals surface area contributed by atoms with Gasteiger partial charge in [0.15, 0.2) is 0 Å². The maximum absolute atomic E-state index is 12.7. The fourth-order valence-corrected chi connectivity index (χ4v) is 4.06. The molecule has 0 aromatic heterocycles. The van der Waals surface area contributed by atoms with Crippen LogP contribution in [-0.2, 0) is 4.79 Å². The number of anilines is 3. The Hall–Kier alpha value is -3.02. The average Bonchev–Trinajstić information content (AvgIpc) is 2.74. The van der Waals surface area contributed by atoms with E-state index in [2.05, 4.69) is 22.5 Å². The first-order valence-electron chi connectivity index (χ1n) is 11.1. The molecule has 6 nitrogen and oxygen atoms in total. The lowest BCUT2D eigenvalue weighted by Crippen LogP contribution is -2.33. The number of hydrogen-bond donors (Lipinski definition) is 3. The van der Waals surface area contributed by atoms with Crippen LogP contribution in [0.4, 0.5) is 21.9 Å². The standard InChI is InChI=1S/C25H33N3O3/c1-4-19(16-24(29)30)20-7-10-23(28-13-11-18(3)12-14-28)22(15-20)27-25(31)26-21-8-5-17(2)6-9-21/h5-10,15,18-19H,4,11-14,16H2,1-3H3,(H,29,30)(H2,26,27,31). The monoisotopic (exact) mass is 423 g/mol. The zero-order valence-electron chi connectivity index (χ0n) is 18.6. The van der Waals surface area contributed by atoms with E-state index in [1.54, 1.807) is 0 Å². The minimum absolute atomic E-state index is 0.0755. The Morgan fingerprint density at radius 2 is 1.77 bits per heavy atom. The van der Waals surface area contributed by atoms with Crippen molar-refractivity contribution in [3.8, 4) is 0 Å². The van der Waals surface area contributed by atoms with Crippen LogP contribution >= 0.6 is 0 Å². The highest BCUT2D eigenvalue weighted by Crippen LogP contribution is 2.34. The van der Waals surface area contributed by atoms with Crippen molar-refractivity contribution in [2.75, 3.05) is 28.6 Å². The summed E-state index contributed by atoms with van der Waals surface area (Å²) in [7, 11) is 0. The number of rotatable bonds is 7. The van der Waals surface area contributed by atoms with Crippen LogP contribution in [0.1, 0.15) is 56.6 Å². The van der Waals surface area contributed by atoms with Crippen LogP contribution in [0.25, 0.3) is 0 Å². The van der Waals surface area contributed by atoms with Gasteiger partial charge in [-0.15, -0.1) is 0 Å². The van der Waals surface area contributed by atoms with E-state index < -0.39 is 5.97 Å². The Morgan fingerprint density at radius 3 is 2.39 bits per heavy atom. The Balaban J connectivity index is 1.85. The van der Waals surface area contributed by atoms with Crippen molar-refractivity contribution in [3.63, 3.8) is 0 Å². The van der Waals surface area contributed by atoms with Gasteiger partial charge in [-0.1, -0.05) is 37.6 Å². The molecule has 1 saturated heterocycles. The number of carboxylic acid groups (broad SMARTS) is 1. The third-order valence-electron chi connectivity index (χ3n) is 6.09. The van der Waals surface area contributed by atoms with Crippen molar-refractivity contribution in [1.82, 2.24) is 0 Å². The summed E-state index contributed by atoms with van der Waals surface area (Å²) in [5, 5.41) is 15.2. The van der Waals surface area contributed by atoms with Crippen LogP contribution < -0.4 is 15.5 Å². The van der Waals surface area contributed by atoms with E-state index in [9.17, 15) is 14.7 Å². The zero-order valence-corrected chi connectivity index (χ0v) is 18.6. The van der Waals surface area contributed by atoms with Crippen molar-refractivity contribution >= 4 is 29.1 Å². The van der Waals surface area contributed by atoms with Crippen molar-refractivity contribution in [2.24, 2.45) is 5.92 Å². The Kier molecular flexibility index (Phi) is 7.55. The minimum atomic E-state index is -0.812. The first-order chi connectivity index (χ1) is 14.9. The van der Waals surface area contributed by atoms with Crippen LogP contribution in [0.3, 0.4) is 0 Å². The van der Waals surface area contributed by atoms with Crippen LogP contribution in [0.15, 0.2) is 42.5 Å². The lowest BCUT2D eigenvalue weighted by molar-refractivity contribution is -0.137. The van der Waals surface area contributed by atoms with Gasteiger partial charge in [-0.2, -0.15) is 0 Å². The van der Waals surface area contributed by atoms with E-state index >= 15 is 0 Å². The molecule has 2 aromatic carbocycles. The van der Waals surface area contributed by atoms with E-state index in [0.29, 0.717) is 5.92 Å². The van der Waals surface area contributed by atoms with E-state index in [4.69, 9.17) is 0 Å². The van der Waals surface area contributed by atoms with Gasteiger partial charge in [0.1, 0.15) is 0 Å². The van der Waals surface area contributed by atoms with Crippen molar-refractivity contribution in [2.45, 2.75) is 52.4 Å². The predicted molar refractivity (Wildman–Crippen MR) is 126 cm³/mol. The lowest BCUT2D eigenvalue weighted by Gasteiger charge is -2.34. The lowest BCUT2D eigenvalue weighted by atomic mass is 9.92. The van der Waals surface area contributed by atoms with Gasteiger partial charge in [0.05, 0.1) is 17.8 Å². The summed E-state index contributed by atoms with van der Waals surface area (Å²) >= 11 is 0. The normalized spacial score (nSPS) is 15.4.